The molecule has 1 aliphatic rings. The van der Waals surface area contributed by atoms with Crippen LogP contribution in [0.3, 0.4) is 0 Å². The summed E-state index contributed by atoms with van der Waals surface area (Å²) in [6, 6.07) is 19.6. The fraction of sp³-hybridized carbons (Fsp3) is 0.192. The Morgan fingerprint density at radius 2 is 1.60 bits per heavy atom. The molecule has 0 aromatic heterocycles. The topological polar surface area (TPSA) is 106 Å². The van der Waals surface area contributed by atoms with E-state index in [1.54, 1.807) is 79.9 Å². The first-order valence-corrected chi connectivity index (χ1v) is 10.9. The van der Waals surface area contributed by atoms with Crippen molar-refractivity contribution in [3.8, 4) is 17.2 Å². The van der Waals surface area contributed by atoms with Gasteiger partial charge in [-0.2, -0.15) is 0 Å². The number of benzene rings is 3. The number of anilines is 3. The minimum atomic E-state index is -1.06. The Morgan fingerprint density at radius 3 is 2.31 bits per heavy atom. The molecule has 0 fully saturated rings. The second-order valence-corrected chi connectivity index (χ2v) is 7.71. The van der Waals surface area contributed by atoms with E-state index in [-0.39, 0.29) is 13.0 Å². The van der Waals surface area contributed by atoms with Crippen LogP contribution in [-0.2, 0) is 14.4 Å². The minimum absolute atomic E-state index is 0.243. The van der Waals surface area contributed by atoms with Crippen molar-refractivity contribution in [3.05, 3.63) is 72.8 Å². The predicted octanol–water partition coefficient (Wildman–Crippen LogP) is 3.47. The first-order valence-electron chi connectivity index (χ1n) is 10.9. The zero-order valence-corrected chi connectivity index (χ0v) is 19.3. The summed E-state index contributed by atoms with van der Waals surface area (Å²) >= 11 is 0. The van der Waals surface area contributed by atoms with Crippen LogP contribution in [0.15, 0.2) is 72.8 Å². The zero-order valence-electron chi connectivity index (χ0n) is 19.3. The Hall–Kier alpha value is -4.53. The highest BCUT2D eigenvalue weighted by molar-refractivity contribution is 6.14. The molecule has 0 unspecified atom stereocenters. The van der Waals surface area contributed by atoms with Gasteiger partial charge >= 0.3 is 0 Å². The number of nitrogens with zero attached hydrogens (tertiary/aromatic N) is 1. The van der Waals surface area contributed by atoms with E-state index in [0.29, 0.717) is 34.3 Å². The van der Waals surface area contributed by atoms with E-state index in [1.165, 1.54) is 12.0 Å². The van der Waals surface area contributed by atoms with Crippen molar-refractivity contribution in [2.45, 2.75) is 12.5 Å². The lowest BCUT2D eigenvalue weighted by atomic mass is 10.0. The summed E-state index contributed by atoms with van der Waals surface area (Å²) in [6.45, 7) is -0.349. The second-order valence-electron chi connectivity index (χ2n) is 7.71. The number of ether oxygens (including phenoxy) is 3. The van der Waals surface area contributed by atoms with E-state index in [1.807, 2.05) is 0 Å². The van der Waals surface area contributed by atoms with Crippen LogP contribution in [0.2, 0.25) is 0 Å². The van der Waals surface area contributed by atoms with Gasteiger partial charge in [-0.3, -0.25) is 19.3 Å². The van der Waals surface area contributed by atoms with Gasteiger partial charge in [0.15, 0.2) is 18.1 Å². The summed E-state index contributed by atoms with van der Waals surface area (Å²) in [5, 5.41) is 5.54. The molecule has 0 spiro atoms. The molecule has 0 bridgehead atoms. The highest BCUT2D eigenvalue weighted by Gasteiger charge is 2.38. The number of methoxy groups -OCH3 is 2. The van der Waals surface area contributed by atoms with Gasteiger partial charge < -0.3 is 24.8 Å². The number of hydrogen-bond donors (Lipinski definition) is 2. The average molecular weight is 476 g/mol. The molecule has 3 aromatic carbocycles. The van der Waals surface area contributed by atoms with E-state index >= 15 is 0 Å². The normalized spacial score (nSPS) is 14.4. The van der Waals surface area contributed by atoms with E-state index in [2.05, 4.69) is 10.6 Å². The van der Waals surface area contributed by atoms with Crippen molar-refractivity contribution < 1.29 is 28.6 Å². The lowest BCUT2D eigenvalue weighted by molar-refractivity contribution is -0.127. The average Bonchev–Trinajstić information content (AvgIpc) is 2.88. The number of hydrogen-bond acceptors (Lipinski definition) is 6. The van der Waals surface area contributed by atoms with E-state index < -0.39 is 23.8 Å². The van der Waals surface area contributed by atoms with Crippen LogP contribution in [0.5, 0.6) is 17.2 Å². The maximum atomic E-state index is 13.3. The highest BCUT2D eigenvalue weighted by Crippen LogP contribution is 2.33. The molecule has 1 aliphatic heterocycles. The molecule has 2 N–H and O–H groups in total. The Balaban J connectivity index is 1.54. The molecule has 0 saturated heterocycles. The zero-order chi connectivity index (χ0) is 24.8. The Labute approximate surface area is 202 Å². The van der Waals surface area contributed by atoms with E-state index in [9.17, 15) is 14.4 Å². The Kier molecular flexibility index (Phi) is 7.15. The van der Waals surface area contributed by atoms with Crippen molar-refractivity contribution in [2.24, 2.45) is 0 Å². The minimum Gasteiger partial charge on any atom is -0.497 e. The molecule has 4 rings (SSSR count). The molecule has 180 valence electrons. The van der Waals surface area contributed by atoms with Crippen LogP contribution in [0.25, 0.3) is 0 Å². The fourth-order valence-corrected chi connectivity index (χ4v) is 3.79. The van der Waals surface area contributed by atoms with Gasteiger partial charge in [0.2, 0.25) is 11.8 Å². The van der Waals surface area contributed by atoms with E-state index in [4.69, 9.17) is 14.2 Å². The number of carbonyl (C=O) groups excluding carboxylic acids is 3. The van der Waals surface area contributed by atoms with Crippen LogP contribution in [-0.4, -0.2) is 44.6 Å². The monoisotopic (exact) mass is 475 g/mol. The molecule has 0 saturated carbocycles. The summed E-state index contributed by atoms with van der Waals surface area (Å²) in [4.78, 5) is 40.4. The maximum Gasteiger partial charge on any atom is 0.265 e. The van der Waals surface area contributed by atoms with Gasteiger partial charge in [-0.15, -0.1) is 0 Å². The molecule has 0 aliphatic carbocycles. The molecule has 9 heteroatoms. The van der Waals surface area contributed by atoms with Crippen LogP contribution in [0.4, 0.5) is 17.1 Å². The first kappa shape index (κ1) is 23.6. The quantitative estimate of drug-likeness (QED) is 0.517. The molecule has 0 radical (unpaired) electrons. The summed E-state index contributed by atoms with van der Waals surface area (Å²) < 4.78 is 16.1. The van der Waals surface area contributed by atoms with Crippen molar-refractivity contribution in [3.63, 3.8) is 0 Å². The SMILES string of the molecule is COc1ccc(NC(=O)C[C@H]2C(=O)Nc3ccccc3N2C(=O)COc2ccccc2OC)cc1. The molecule has 9 nitrogen and oxygen atoms in total. The molecule has 1 heterocycles. The van der Waals surface area contributed by atoms with Crippen molar-refractivity contribution >= 4 is 34.8 Å². The van der Waals surface area contributed by atoms with Crippen LogP contribution in [0.1, 0.15) is 6.42 Å². The number of carbonyl (C=O) groups is 3. The van der Waals surface area contributed by atoms with Gasteiger partial charge in [-0.25, -0.2) is 0 Å². The van der Waals surface area contributed by atoms with Gasteiger partial charge in [0, 0.05) is 5.69 Å². The number of fused-ring (bicyclic) bond motifs is 1. The van der Waals surface area contributed by atoms with Crippen LogP contribution in [0, 0.1) is 0 Å². The van der Waals surface area contributed by atoms with Gasteiger partial charge in [-0.1, -0.05) is 24.3 Å². The first-order chi connectivity index (χ1) is 17.0. The second kappa shape index (κ2) is 10.6. The van der Waals surface area contributed by atoms with Crippen molar-refractivity contribution in [1.82, 2.24) is 0 Å². The molecule has 3 amide bonds. The molecule has 35 heavy (non-hydrogen) atoms. The number of para-hydroxylation sites is 4. The fourth-order valence-electron chi connectivity index (χ4n) is 3.79. The molecular formula is C26H25N3O6. The number of amides is 3. The smallest absolute Gasteiger partial charge is 0.265 e. The van der Waals surface area contributed by atoms with Crippen LogP contribution < -0.4 is 29.7 Å². The highest BCUT2D eigenvalue weighted by atomic mass is 16.5. The summed E-state index contributed by atoms with van der Waals surface area (Å²) in [5.74, 6) is 0.176. The largest absolute Gasteiger partial charge is 0.497 e. The van der Waals surface area contributed by atoms with Crippen molar-refractivity contribution in [2.75, 3.05) is 36.4 Å². The maximum absolute atomic E-state index is 13.3. The van der Waals surface area contributed by atoms with Gasteiger partial charge in [0.25, 0.3) is 5.91 Å². The molecule has 3 aromatic rings. The van der Waals surface area contributed by atoms with Gasteiger partial charge in [0.05, 0.1) is 32.0 Å². The third kappa shape index (κ3) is 5.35. The third-order valence-electron chi connectivity index (χ3n) is 5.48. The third-order valence-corrected chi connectivity index (χ3v) is 5.48. The van der Waals surface area contributed by atoms with Crippen LogP contribution >= 0.6 is 0 Å². The number of nitrogens with one attached hydrogen (secondary N) is 2. The lowest BCUT2D eigenvalue weighted by Crippen LogP contribution is -2.53. The molecule has 1 atom stereocenters. The summed E-state index contributed by atoms with van der Waals surface area (Å²) in [6.07, 6.45) is -0.243. The van der Waals surface area contributed by atoms with Gasteiger partial charge in [0.1, 0.15) is 11.8 Å². The summed E-state index contributed by atoms with van der Waals surface area (Å²) in [7, 11) is 3.06. The standard InChI is InChI=1S/C26H25N3O6/c1-33-18-13-11-17(12-14-18)27-24(30)15-21-26(32)28-19-7-3-4-8-20(19)29(21)25(31)16-35-23-10-6-5-9-22(23)34-2/h3-14,21H,15-16H2,1-2H3,(H,27,30)(H,28,32)/t21-/m0/s1. The van der Waals surface area contributed by atoms with E-state index in [0.717, 1.165) is 0 Å². The Bertz CT molecular complexity index is 1230. The number of rotatable bonds is 8. The Morgan fingerprint density at radius 1 is 0.914 bits per heavy atom. The lowest BCUT2D eigenvalue weighted by Gasteiger charge is -2.36. The van der Waals surface area contributed by atoms with Gasteiger partial charge in [-0.05, 0) is 48.5 Å². The molecular weight excluding hydrogens is 450 g/mol. The predicted molar refractivity (Wildman–Crippen MR) is 131 cm³/mol. The van der Waals surface area contributed by atoms with Crippen molar-refractivity contribution in [1.29, 1.82) is 0 Å². The summed E-state index contributed by atoms with van der Waals surface area (Å²) in [5.41, 5.74) is 1.52.